The number of hydrogen-bond acceptors (Lipinski definition) is 5. The second kappa shape index (κ2) is 5.27. The van der Waals surface area contributed by atoms with E-state index in [0.717, 1.165) is 12.1 Å². The van der Waals surface area contributed by atoms with Crippen LogP contribution in [-0.2, 0) is 16.6 Å². The lowest BCUT2D eigenvalue weighted by molar-refractivity contribution is 0.411. The summed E-state index contributed by atoms with van der Waals surface area (Å²) in [5.74, 6) is -0.895. The largest absolute Gasteiger partial charge is 0.398 e. The van der Waals surface area contributed by atoms with Crippen molar-refractivity contribution < 1.29 is 17.3 Å². The summed E-state index contributed by atoms with van der Waals surface area (Å²) in [4.78, 5) is -0.517. The van der Waals surface area contributed by atoms with Crippen molar-refractivity contribution in [3.05, 3.63) is 40.4 Å². The van der Waals surface area contributed by atoms with Gasteiger partial charge in [0.15, 0.2) is 0 Å². The zero-order valence-corrected chi connectivity index (χ0v) is 11.8. The third-order valence-corrected chi connectivity index (χ3v) is 4.38. The van der Waals surface area contributed by atoms with Crippen molar-refractivity contribution in [3.63, 3.8) is 0 Å². The summed E-state index contributed by atoms with van der Waals surface area (Å²) in [7, 11) is -4.01. The number of benzene rings is 1. The number of hydrogen-bond donors (Lipinski definition) is 2. The van der Waals surface area contributed by atoms with Crippen molar-refractivity contribution >= 4 is 31.6 Å². The lowest BCUT2D eigenvalue weighted by Crippen LogP contribution is -2.24. The van der Waals surface area contributed by atoms with E-state index in [9.17, 15) is 12.8 Å². The van der Waals surface area contributed by atoms with Gasteiger partial charge in [-0.3, -0.25) is 0 Å². The summed E-state index contributed by atoms with van der Waals surface area (Å²) in [5, 5.41) is 3.54. The summed E-state index contributed by atoms with van der Waals surface area (Å²) >= 11 is 3.01. The Balaban J connectivity index is 2.27. The van der Waals surface area contributed by atoms with Crippen LogP contribution >= 0.6 is 15.9 Å². The number of rotatable bonds is 4. The molecule has 0 spiro atoms. The van der Waals surface area contributed by atoms with E-state index < -0.39 is 20.7 Å². The molecule has 0 unspecified atom stereocenters. The average Bonchev–Trinajstić information content (AvgIpc) is 2.84. The molecule has 0 amide bonds. The molecule has 0 saturated carbocycles. The number of nitrogens with zero attached hydrogens (tertiary/aromatic N) is 1. The van der Waals surface area contributed by atoms with Crippen LogP contribution in [0.25, 0.3) is 0 Å². The molecule has 19 heavy (non-hydrogen) atoms. The molecule has 1 aromatic heterocycles. The highest BCUT2D eigenvalue weighted by atomic mass is 79.9. The van der Waals surface area contributed by atoms with Crippen LogP contribution in [0, 0.1) is 5.82 Å². The molecule has 0 aliphatic carbocycles. The number of anilines is 1. The first-order valence-electron chi connectivity index (χ1n) is 5.03. The van der Waals surface area contributed by atoms with Gasteiger partial charge in [-0.1, -0.05) is 5.16 Å². The van der Waals surface area contributed by atoms with E-state index in [1.165, 1.54) is 12.3 Å². The third kappa shape index (κ3) is 3.11. The first-order chi connectivity index (χ1) is 8.90. The molecule has 1 heterocycles. The molecule has 3 N–H and O–H groups in total. The van der Waals surface area contributed by atoms with E-state index in [4.69, 9.17) is 5.73 Å². The highest BCUT2D eigenvalue weighted by molar-refractivity contribution is 9.10. The summed E-state index contributed by atoms with van der Waals surface area (Å²) in [6.07, 6.45) is 1.31. The van der Waals surface area contributed by atoms with Gasteiger partial charge in [-0.05, 0) is 28.1 Å². The Morgan fingerprint density at radius 3 is 2.84 bits per heavy atom. The maximum atomic E-state index is 13.7. The van der Waals surface area contributed by atoms with Gasteiger partial charge in [0, 0.05) is 16.2 Å². The Bertz CT molecular complexity index is 688. The predicted octanol–water partition coefficient (Wildman–Crippen LogP) is 1.64. The highest BCUT2D eigenvalue weighted by Gasteiger charge is 2.20. The molecule has 0 radical (unpaired) electrons. The minimum absolute atomic E-state index is 0.103. The second-order valence-electron chi connectivity index (χ2n) is 3.62. The molecule has 0 atom stereocenters. The fourth-order valence-corrected chi connectivity index (χ4v) is 2.73. The van der Waals surface area contributed by atoms with Gasteiger partial charge in [-0.15, -0.1) is 0 Å². The first-order valence-corrected chi connectivity index (χ1v) is 7.31. The van der Waals surface area contributed by atoms with E-state index in [2.05, 4.69) is 30.3 Å². The molecule has 2 aromatic rings. The van der Waals surface area contributed by atoms with Crippen LogP contribution < -0.4 is 10.5 Å². The van der Waals surface area contributed by atoms with Crippen LogP contribution in [0.15, 0.2) is 38.4 Å². The number of nitrogens with one attached hydrogen (secondary N) is 1. The summed E-state index contributed by atoms with van der Waals surface area (Å²) in [5.41, 5.74) is 6.06. The van der Waals surface area contributed by atoms with Crippen molar-refractivity contribution in [1.29, 1.82) is 0 Å². The first kappa shape index (κ1) is 14.0. The summed E-state index contributed by atoms with van der Waals surface area (Å²) < 4.78 is 44.6. The number of nitrogens with two attached hydrogens (primary N) is 1. The predicted molar refractivity (Wildman–Crippen MR) is 69.0 cm³/mol. The average molecular weight is 350 g/mol. The zero-order valence-electron chi connectivity index (χ0n) is 9.43. The van der Waals surface area contributed by atoms with Gasteiger partial charge in [0.25, 0.3) is 0 Å². The van der Waals surface area contributed by atoms with Gasteiger partial charge in [0.05, 0.1) is 12.2 Å². The van der Waals surface area contributed by atoms with Crippen LogP contribution in [0.5, 0.6) is 0 Å². The van der Waals surface area contributed by atoms with Gasteiger partial charge in [-0.2, -0.15) is 0 Å². The Labute approximate surface area is 117 Å². The van der Waals surface area contributed by atoms with E-state index in [-0.39, 0.29) is 12.2 Å². The molecule has 0 saturated heterocycles. The monoisotopic (exact) mass is 349 g/mol. The van der Waals surface area contributed by atoms with Gasteiger partial charge < -0.3 is 10.3 Å². The number of halogens is 2. The third-order valence-electron chi connectivity index (χ3n) is 2.28. The topological polar surface area (TPSA) is 98.2 Å². The van der Waals surface area contributed by atoms with Crippen LogP contribution in [0.3, 0.4) is 0 Å². The Morgan fingerprint density at radius 2 is 2.21 bits per heavy atom. The van der Waals surface area contributed by atoms with Crippen molar-refractivity contribution in [2.75, 3.05) is 5.73 Å². The zero-order chi connectivity index (χ0) is 14.0. The lowest BCUT2D eigenvalue weighted by Gasteiger charge is -2.08. The van der Waals surface area contributed by atoms with Crippen LogP contribution in [0.4, 0.5) is 10.1 Å². The number of sulfonamides is 1. The molecule has 0 aliphatic rings. The molecule has 102 valence electrons. The molecule has 0 bridgehead atoms. The quantitative estimate of drug-likeness (QED) is 0.817. The van der Waals surface area contributed by atoms with E-state index >= 15 is 0 Å². The minimum Gasteiger partial charge on any atom is -0.398 e. The molecule has 9 heteroatoms. The molecule has 0 aliphatic heterocycles. The van der Waals surface area contributed by atoms with Crippen LogP contribution in [0.2, 0.25) is 0 Å². The molecular formula is C10H9BrFN3O3S. The smallest absolute Gasteiger partial charge is 0.243 e. The van der Waals surface area contributed by atoms with Crippen molar-refractivity contribution in [2.45, 2.75) is 11.4 Å². The van der Waals surface area contributed by atoms with Gasteiger partial charge in [-0.25, -0.2) is 17.5 Å². The molecule has 0 fully saturated rings. The van der Waals surface area contributed by atoms with Crippen molar-refractivity contribution in [1.82, 2.24) is 9.88 Å². The Morgan fingerprint density at radius 1 is 1.47 bits per heavy atom. The number of aromatic nitrogens is 1. The normalized spacial score (nSPS) is 11.7. The molecule has 1 aromatic carbocycles. The fourth-order valence-electron chi connectivity index (χ4n) is 1.33. The summed E-state index contributed by atoms with van der Waals surface area (Å²) in [6.45, 7) is -0.103. The van der Waals surface area contributed by atoms with Crippen LogP contribution in [-0.4, -0.2) is 13.6 Å². The fraction of sp³-hybridized carbons (Fsp3) is 0.100. The minimum atomic E-state index is -4.01. The van der Waals surface area contributed by atoms with E-state index in [1.807, 2.05) is 0 Å². The van der Waals surface area contributed by atoms with Crippen molar-refractivity contribution in [3.8, 4) is 0 Å². The summed E-state index contributed by atoms with van der Waals surface area (Å²) in [6, 6.07) is 3.54. The molecule has 6 nitrogen and oxygen atoms in total. The highest BCUT2D eigenvalue weighted by Crippen LogP contribution is 2.26. The van der Waals surface area contributed by atoms with E-state index in [1.54, 1.807) is 0 Å². The molecule has 2 rings (SSSR count). The SMILES string of the molecule is Nc1cc(S(=O)(=O)NCc2ccon2)c(F)cc1Br. The standard InChI is InChI=1S/C10H9BrFN3O3S/c11-7-3-8(12)10(4-9(7)13)19(16,17)14-5-6-1-2-18-15-6/h1-4,14H,5,13H2. The maximum Gasteiger partial charge on any atom is 0.243 e. The van der Waals surface area contributed by atoms with Gasteiger partial charge in [0.2, 0.25) is 10.0 Å². The molecular weight excluding hydrogens is 341 g/mol. The lowest BCUT2D eigenvalue weighted by atomic mass is 10.3. The maximum absolute atomic E-state index is 13.7. The Hall–Kier alpha value is -1.45. The van der Waals surface area contributed by atoms with E-state index in [0.29, 0.717) is 10.2 Å². The number of nitrogen functional groups attached to an aromatic ring is 1. The van der Waals surface area contributed by atoms with Gasteiger partial charge >= 0.3 is 0 Å². The Kier molecular flexibility index (Phi) is 3.88. The van der Waals surface area contributed by atoms with Gasteiger partial charge in [0.1, 0.15) is 17.0 Å². The van der Waals surface area contributed by atoms with Crippen molar-refractivity contribution in [2.24, 2.45) is 0 Å². The second-order valence-corrected chi connectivity index (χ2v) is 6.21. The van der Waals surface area contributed by atoms with Crippen LogP contribution in [0.1, 0.15) is 5.69 Å².